The van der Waals surface area contributed by atoms with Crippen molar-refractivity contribution in [3.8, 4) is 0 Å². The Bertz CT molecular complexity index is 657. The van der Waals surface area contributed by atoms with Crippen LogP contribution in [0.15, 0.2) is 24.7 Å². The van der Waals surface area contributed by atoms with Gasteiger partial charge in [-0.2, -0.15) is 5.10 Å². The van der Waals surface area contributed by atoms with Gasteiger partial charge >= 0.3 is 0 Å². The molecule has 0 amide bonds. The molecule has 0 aliphatic rings. The third-order valence-electron chi connectivity index (χ3n) is 3.18. The van der Waals surface area contributed by atoms with Crippen LogP contribution in [0.5, 0.6) is 0 Å². The molecular formula is C14H23N7. The third-order valence-corrected chi connectivity index (χ3v) is 3.18. The number of aromatic nitrogens is 3. The maximum Gasteiger partial charge on any atom is 0.0802 e. The van der Waals surface area contributed by atoms with Gasteiger partial charge in [0, 0.05) is 24.5 Å². The summed E-state index contributed by atoms with van der Waals surface area (Å²) in [4.78, 5) is 4.17. The molecule has 0 unspecified atom stereocenters. The molecule has 0 fully saturated rings. The van der Waals surface area contributed by atoms with E-state index in [4.69, 9.17) is 17.3 Å². The lowest BCUT2D eigenvalue weighted by atomic mass is 10.2. The van der Waals surface area contributed by atoms with Crippen LogP contribution >= 0.6 is 0 Å². The number of nitrogens with two attached hydrogens (primary N) is 3. The van der Waals surface area contributed by atoms with E-state index in [0.29, 0.717) is 17.1 Å². The van der Waals surface area contributed by atoms with E-state index < -0.39 is 0 Å². The lowest BCUT2D eigenvalue weighted by Gasteiger charge is -2.17. The van der Waals surface area contributed by atoms with Crippen molar-refractivity contribution in [1.29, 1.82) is 0 Å². The van der Waals surface area contributed by atoms with Gasteiger partial charge < -0.3 is 11.5 Å². The highest BCUT2D eigenvalue weighted by Crippen LogP contribution is 2.20. The average molecular weight is 289 g/mol. The number of nitrogens with zero attached hydrogens (tertiary/aromatic N) is 4. The van der Waals surface area contributed by atoms with Crippen LogP contribution in [0.1, 0.15) is 24.4 Å². The van der Waals surface area contributed by atoms with E-state index >= 15 is 0 Å². The Morgan fingerprint density at radius 1 is 1.33 bits per heavy atom. The lowest BCUT2D eigenvalue weighted by molar-refractivity contribution is 0.739. The predicted octanol–water partition coefficient (Wildman–Crippen LogP) is 1.29. The molecule has 114 valence electrons. The summed E-state index contributed by atoms with van der Waals surface area (Å²) < 4.78 is 1.75. The molecule has 0 aliphatic heterocycles. The quantitative estimate of drug-likeness (QED) is 0.580. The van der Waals surface area contributed by atoms with E-state index in [1.807, 2.05) is 20.9 Å². The summed E-state index contributed by atoms with van der Waals surface area (Å²) >= 11 is 0. The van der Waals surface area contributed by atoms with Crippen molar-refractivity contribution < 1.29 is 0 Å². The Morgan fingerprint density at radius 3 is 2.57 bits per heavy atom. The molecule has 2 rings (SSSR count). The van der Waals surface area contributed by atoms with Gasteiger partial charge in [-0.1, -0.05) is 7.43 Å². The van der Waals surface area contributed by atoms with Crippen LogP contribution in [-0.2, 0) is 7.05 Å². The van der Waals surface area contributed by atoms with E-state index in [9.17, 15) is 0 Å². The van der Waals surface area contributed by atoms with E-state index in [-0.39, 0.29) is 7.43 Å². The van der Waals surface area contributed by atoms with Crippen LogP contribution in [0.4, 0.5) is 11.4 Å². The van der Waals surface area contributed by atoms with Gasteiger partial charge in [0.2, 0.25) is 0 Å². The normalized spacial score (nSPS) is 11.1. The highest BCUT2D eigenvalue weighted by Gasteiger charge is 2.10. The summed E-state index contributed by atoms with van der Waals surface area (Å²) in [6.07, 6.45) is 4.93. The van der Waals surface area contributed by atoms with E-state index in [1.54, 1.807) is 29.3 Å². The maximum absolute atomic E-state index is 6.07. The van der Waals surface area contributed by atoms with Crippen LogP contribution in [0.3, 0.4) is 0 Å². The number of aryl methyl sites for hydroxylation is 2. The van der Waals surface area contributed by atoms with Crippen molar-refractivity contribution in [2.45, 2.75) is 21.3 Å². The van der Waals surface area contributed by atoms with Gasteiger partial charge in [0.1, 0.15) is 0 Å². The molecule has 0 radical (unpaired) electrons. The molecular weight excluding hydrogens is 266 g/mol. The van der Waals surface area contributed by atoms with Crippen LogP contribution < -0.4 is 22.3 Å². The number of rotatable bonds is 3. The second-order valence-electron chi connectivity index (χ2n) is 4.63. The predicted molar refractivity (Wildman–Crippen MR) is 86.9 cm³/mol. The molecule has 2 aromatic heterocycles. The number of hydrogen-bond donors (Lipinski definition) is 3. The molecule has 0 aromatic carbocycles. The molecule has 7 heteroatoms. The number of hydrogen-bond acceptors (Lipinski definition) is 6. The maximum atomic E-state index is 6.07. The molecule has 2 heterocycles. The van der Waals surface area contributed by atoms with E-state index in [1.165, 1.54) is 5.01 Å². The fourth-order valence-electron chi connectivity index (χ4n) is 1.87. The van der Waals surface area contributed by atoms with Crippen LogP contribution in [0.2, 0.25) is 0 Å². The number of nitrogen functional groups attached to an aromatic ring is 1. The Kier molecular flexibility index (Phi) is 4.93. The van der Waals surface area contributed by atoms with Crippen LogP contribution in [-0.4, -0.2) is 14.8 Å². The second-order valence-corrected chi connectivity index (χ2v) is 4.63. The zero-order valence-corrected chi connectivity index (χ0v) is 11.8. The summed E-state index contributed by atoms with van der Waals surface area (Å²) in [6, 6.07) is 1.75. The lowest BCUT2D eigenvalue weighted by Crippen LogP contribution is -2.27. The second kappa shape index (κ2) is 6.27. The summed E-state index contributed by atoms with van der Waals surface area (Å²) in [7, 11) is 1.86. The largest absolute Gasteiger partial charge is 0.397 e. The average Bonchev–Trinajstić information content (AvgIpc) is 2.73. The van der Waals surface area contributed by atoms with E-state index in [0.717, 1.165) is 17.0 Å². The summed E-state index contributed by atoms with van der Waals surface area (Å²) in [5.41, 5.74) is 16.2. The van der Waals surface area contributed by atoms with Gasteiger partial charge in [-0.3, -0.25) is 14.7 Å². The van der Waals surface area contributed by atoms with Crippen molar-refractivity contribution in [2.24, 2.45) is 18.6 Å². The summed E-state index contributed by atoms with van der Waals surface area (Å²) in [5, 5.41) is 5.57. The Labute approximate surface area is 125 Å². The highest BCUT2D eigenvalue weighted by atomic mass is 15.4. The van der Waals surface area contributed by atoms with Crippen molar-refractivity contribution in [1.82, 2.24) is 14.8 Å². The minimum atomic E-state index is 0. The monoisotopic (exact) mass is 289 g/mol. The molecule has 0 saturated heterocycles. The first kappa shape index (κ1) is 16.5. The molecule has 0 saturated carbocycles. The molecule has 21 heavy (non-hydrogen) atoms. The van der Waals surface area contributed by atoms with Crippen LogP contribution in [0, 0.1) is 13.8 Å². The molecule has 0 spiro atoms. The van der Waals surface area contributed by atoms with Crippen molar-refractivity contribution >= 4 is 17.1 Å². The first-order valence-corrected chi connectivity index (χ1v) is 6.12. The molecule has 0 atom stereocenters. The first-order chi connectivity index (χ1) is 9.40. The topological polar surface area (TPSA) is 112 Å². The van der Waals surface area contributed by atoms with Gasteiger partial charge in [0.05, 0.1) is 35.2 Å². The third kappa shape index (κ3) is 3.32. The standard InChI is InChI=1S/C13H19N7.CH4/c1-8-13(4-10(14)5-17-8)20(16)7-12(15)11-6-18-19(3)9(11)2;/h4-7H,14-16H2,1-3H3;1H4/b12-7-;. The molecule has 2 aromatic rings. The fourth-order valence-corrected chi connectivity index (χ4v) is 1.87. The minimum absolute atomic E-state index is 0. The summed E-state index contributed by atoms with van der Waals surface area (Å²) in [6.45, 7) is 3.80. The molecule has 0 aliphatic carbocycles. The Hall–Kier alpha value is -2.54. The molecule has 0 bridgehead atoms. The Balaban J connectivity index is 0.00000220. The highest BCUT2D eigenvalue weighted by molar-refractivity contribution is 5.68. The van der Waals surface area contributed by atoms with E-state index in [2.05, 4.69) is 10.1 Å². The smallest absolute Gasteiger partial charge is 0.0802 e. The number of anilines is 2. The van der Waals surface area contributed by atoms with Crippen molar-refractivity contribution in [2.75, 3.05) is 10.7 Å². The van der Waals surface area contributed by atoms with Crippen molar-refractivity contribution in [3.05, 3.63) is 41.6 Å². The summed E-state index contributed by atoms with van der Waals surface area (Å²) in [5.74, 6) is 6.01. The molecule has 7 nitrogen and oxygen atoms in total. The Morgan fingerprint density at radius 2 is 2.00 bits per heavy atom. The SMILES string of the molecule is C.Cc1ncc(N)cc1N(N)/C=C(\N)c1cnn(C)c1C. The fraction of sp³-hybridized carbons (Fsp3) is 0.286. The molecule has 6 N–H and O–H groups in total. The first-order valence-electron chi connectivity index (χ1n) is 6.12. The van der Waals surface area contributed by atoms with Gasteiger partial charge in [-0.15, -0.1) is 0 Å². The zero-order chi connectivity index (χ0) is 14.9. The minimum Gasteiger partial charge on any atom is -0.397 e. The van der Waals surface area contributed by atoms with Gasteiger partial charge in [0.25, 0.3) is 0 Å². The van der Waals surface area contributed by atoms with Crippen molar-refractivity contribution in [3.63, 3.8) is 0 Å². The zero-order valence-electron chi connectivity index (χ0n) is 11.8. The van der Waals surface area contributed by atoms with Gasteiger partial charge in [-0.05, 0) is 19.9 Å². The number of hydrazine groups is 1. The number of pyridine rings is 1. The van der Waals surface area contributed by atoms with Crippen LogP contribution in [0.25, 0.3) is 5.70 Å². The van der Waals surface area contributed by atoms with Gasteiger partial charge in [-0.25, -0.2) is 5.84 Å². The van der Waals surface area contributed by atoms with Gasteiger partial charge in [0.15, 0.2) is 0 Å².